The van der Waals surface area contributed by atoms with E-state index in [4.69, 9.17) is 0 Å². The second-order valence-corrected chi connectivity index (χ2v) is 3.16. The molecule has 74 valence electrons. The Labute approximate surface area is 78.5 Å². The van der Waals surface area contributed by atoms with Gasteiger partial charge in [0.2, 0.25) is 0 Å². The average molecular weight is 183 g/mol. The van der Waals surface area contributed by atoms with E-state index in [0.717, 1.165) is 25.2 Å². The molecule has 1 rings (SSSR count). The molecule has 5 nitrogen and oxygen atoms in total. The van der Waals surface area contributed by atoms with Gasteiger partial charge in [-0.25, -0.2) is 4.68 Å². The number of aromatic nitrogens is 4. The first kappa shape index (κ1) is 10.1. The number of hydrogen-bond donors (Lipinski definition) is 1. The second-order valence-electron chi connectivity index (χ2n) is 3.16. The molecule has 0 bridgehead atoms. The van der Waals surface area contributed by atoms with Crippen LogP contribution in [-0.4, -0.2) is 33.8 Å². The maximum atomic E-state index is 4.01. The Morgan fingerprint density at radius 1 is 1.54 bits per heavy atom. The normalized spacial score (nSPS) is 13.2. The van der Waals surface area contributed by atoms with Crippen LogP contribution in [0, 0.1) is 0 Å². The minimum atomic E-state index is 0.465. The van der Waals surface area contributed by atoms with Crippen molar-refractivity contribution in [1.29, 1.82) is 0 Å². The molecular formula is C8H17N5. The minimum absolute atomic E-state index is 0.465. The third kappa shape index (κ3) is 2.48. The molecule has 0 aliphatic rings. The van der Waals surface area contributed by atoms with Crippen molar-refractivity contribution in [2.45, 2.75) is 25.7 Å². The lowest BCUT2D eigenvalue weighted by Gasteiger charge is -2.11. The largest absolute Gasteiger partial charge is 0.320 e. The minimum Gasteiger partial charge on any atom is -0.320 e. The third-order valence-electron chi connectivity index (χ3n) is 2.25. The van der Waals surface area contributed by atoms with Crippen LogP contribution in [0.3, 0.4) is 0 Å². The molecule has 0 radical (unpaired) electrons. The molecule has 1 atom stereocenters. The van der Waals surface area contributed by atoms with E-state index in [1.54, 1.807) is 4.68 Å². The molecule has 1 unspecified atom stereocenters. The van der Waals surface area contributed by atoms with Crippen LogP contribution in [0.4, 0.5) is 0 Å². The molecule has 0 aliphatic heterocycles. The quantitative estimate of drug-likeness (QED) is 0.714. The highest BCUT2D eigenvalue weighted by Crippen LogP contribution is 2.18. The van der Waals surface area contributed by atoms with Gasteiger partial charge in [0, 0.05) is 13.0 Å². The van der Waals surface area contributed by atoms with E-state index < -0.39 is 0 Å². The molecule has 0 saturated carbocycles. The lowest BCUT2D eigenvalue weighted by Crippen LogP contribution is -2.14. The Morgan fingerprint density at radius 3 is 2.77 bits per heavy atom. The Hall–Kier alpha value is -0.970. The van der Waals surface area contributed by atoms with E-state index in [-0.39, 0.29) is 0 Å². The van der Waals surface area contributed by atoms with Gasteiger partial charge in [-0.2, -0.15) is 0 Å². The molecule has 1 aromatic heterocycles. The summed E-state index contributed by atoms with van der Waals surface area (Å²) in [4.78, 5) is 0. The molecule has 0 saturated heterocycles. The average Bonchev–Trinajstić information content (AvgIpc) is 2.54. The Morgan fingerprint density at radius 2 is 2.31 bits per heavy atom. The Balaban J connectivity index is 2.61. The summed E-state index contributed by atoms with van der Waals surface area (Å²) in [6, 6.07) is 0. The van der Waals surface area contributed by atoms with E-state index in [0.29, 0.717) is 5.92 Å². The number of nitrogens with one attached hydrogen (secondary N) is 1. The summed E-state index contributed by atoms with van der Waals surface area (Å²) in [5, 5.41) is 14.6. The fraction of sp³-hybridized carbons (Fsp3) is 0.875. The van der Waals surface area contributed by atoms with Gasteiger partial charge in [0.05, 0.1) is 0 Å². The molecule has 0 amide bonds. The van der Waals surface area contributed by atoms with Gasteiger partial charge < -0.3 is 5.32 Å². The van der Waals surface area contributed by atoms with Crippen molar-refractivity contribution in [3.63, 3.8) is 0 Å². The van der Waals surface area contributed by atoms with Gasteiger partial charge >= 0.3 is 0 Å². The van der Waals surface area contributed by atoms with Gasteiger partial charge in [-0.3, -0.25) is 0 Å². The lowest BCUT2D eigenvalue weighted by atomic mass is 10.0. The molecule has 1 heterocycles. The first-order valence-electron chi connectivity index (χ1n) is 4.66. The second kappa shape index (κ2) is 4.91. The summed E-state index contributed by atoms with van der Waals surface area (Å²) in [5.41, 5.74) is 0. The van der Waals surface area contributed by atoms with E-state index in [1.165, 1.54) is 0 Å². The Bertz CT molecular complexity index is 244. The van der Waals surface area contributed by atoms with Crippen LogP contribution < -0.4 is 5.32 Å². The van der Waals surface area contributed by atoms with Gasteiger partial charge in [0.15, 0.2) is 5.82 Å². The lowest BCUT2D eigenvalue weighted by molar-refractivity contribution is 0.525. The van der Waals surface area contributed by atoms with E-state index in [1.807, 2.05) is 14.1 Å². The van der Waals surface area contributed by atoms with E-state index >= 15 is 0 Å². The van der Waals surface area contributed by atoms with Gasteiger partial charge in [-0.05, 0) is 36.9 Å². The van der Waals surface area contributed by atoms with Gasteiger partial charge in [-0.1, -0.05) is 6.92 Å². The predicted molar refractivity (Wildman–Crippen MR) is 50.4 cm³/mol. The van der Waals surface area contributed by atoms with Crippen molar-refractivity contribution in [1.82, 2.24) is 25.5 Å². The number of hydrogen-bond acceptors (Lipinski definition) is 4. The number of tetrazole rings is 1. The molecule has 1 N–H and O–H groups in total. The first-order chi connectivity index (χ1) is 6.29. The SMILES string of the molecule is CCC(CCNC)c1nnnn1C. The highest BCUT2D eigenvalue weighted by molar-refractivity contribution is 4.92. The molecule has 0 spiro atoms. The summed E-state index contributed by atoms with van der Waals surface area (Å²) in [7, 11) is 3.85. The van der Waals surface area contributed by atoms with Crippen molar-refractivity contribution in [3.8, 4) is 0 Å². The van der Waals surface area contributed by atoms with Crippen LogP contribution in [0.1, 0.15) is 31.5 Å². The molecule has 1 aromatic rings. The zero-order valence-electron chi connectivity index (χ0n) is 8.49. The van der Waals surface area contributed by atoms with Crippen molar-refractivity contribution in [3.05, 3.63) is 5.82 Å². The van der Waals surface area contributed by atoms with Crippen LogP contribution in [-0.2, 0) is 7.05 Å². The maximum Gasteiger partial charge on any atom is 0.154 e. The number of aryl methyl sites for hydroxylation is 1. The summed E-state index contributed by atoms with van der Waals surface area (Å²) >= 11 is 0. The highest BCUT2D eigenvalue weighted by Gasteiger charge is 2.14. The summed E-state index contributed by atoms with van der Waals surface area (Å²) < 4.78 is 1.75. The van der Waals surface area contributed by atoms with E-state index in [9.17, 15) is 0 Å². The maximum absolute atomic E-state index is 4.01. The molecule has 13 heavy (non-hydrogen) atoms. The molecule has 5 heteroatoms. The smallest absolute Gasteiger partial charge is 0.154 e. The van der Waals surface area contributed by atoms with Crippen molar-refractivity contribution in [2.75, 3.05) is 13.6 Å². The van der Waals surface area contributed by atoms with Crippen molar-refractivity contribution in [2.24, 2.45) is 7.05 Å². The van der Waals surface area contributed by atoms with Crippen molar-refractivity contribution < 1.29 is 0 Å². The molecule has 0 fully saturated rings. The van der Waals surface area contributed by atoms with Crippen LogP contribution in [0.25, 0.3) is 0 Å². The summed E-state index contributed by atoms with van der Waals surface area (Å²) in [5.74, 6) is 1.45. The first-order valence-corrected chi connectivity index (χ1v) is 4.66. The predicted octanol–water partition coefficient (Wildman–Crippen LogP) is 0.313. The van der Waals surface area contributed by atoms with Crippen LogP contribution in [0.2, 0.25) is 0 Å². The van der Waals surface area contributed by atoms with E-state index in [2.05, 4.69) is 27.8 Å². The number of rotatable bonds is 5. The topological polar surface area (TPSA) is 55.6 Å². The summed E-state index contributed by atoms with van der Waals surface area (Å²) in [6.45, 7) is 3.17. The van der Waals surface area contributed by atoms with Gasteiger partial charge in [0.25, 0.3) is 0 Å². The summed E-state index contributed by atoms with van der Waals surface area (Å²) in [6.07, 6.45) is 2.16. The third-order valence-corrected chi connectivity index (χ3v) is 2.25. The highest BCUT2D eigenvalue weighted by atomic mass is 15.5. The molecular weight excluding hydrogens is 166 g/mol. The molecule has 0 aliphatic carbocycles. The Kier molecular flexibility index (Phi) is 3.82. The molecule has 0 aromatic carbocycles. The number of nitrogens with zero attached hydrogens (tertiary/aromatic N) is 4. The fourth-order valence-electron chi connectivity index (χ4n) is 1.42. The van der Waals surface area contributed by atoms with Gasteiger partial charge in [0.1, 0.15) is 0 Å². The standard InChI is InChI=1S/C8H17N5/c1-4-7(5-6-9-2)8-10-11-12-13(8)3/h7,9H,4-6H2,1-3H3. The van der Waals surface area contributed by atoms with Crippen LogP contribution in [0.5, 0.6) is 0 Å². The van der Waals surface area contributed by atoms with Crippen molar-refractivity contribution >= 4 is 0 Å². The van der Waals surface area contributed by atoms with Crippen LogP contribution in [0.15, 0.2) is 0 Å². The van der Waals surface area contributed by atoms with Gasteiger partial charge in [-0.15, -0.1) is 5.10 Å². The van der Waals surface area contributed by atoms with Crippen LogP contribution >= 0.6 is 0 Å². The zero-order valence-corrected chi connectivity index (χ0v) is 8.49. The monoisotopic (exact) mass is 183 g/mol. The fourth-order valence-corrected chi connectivity index (χ4v) is 1.42. The zero-order chi connectivity index (χ0) is 9.68.